The molecule has 4 nitrogen and oxygen atoms in total. The van der Waals surface area contributed by atoms with Crippen molar-refractivity contribution in [2.24, 2.45) is 0 Å². The number of likely N-dealkylation sites (N-methyl/N-ethyl adjacent to an activating group) is 1. The van der Waals surface area contributed by atoms with Crippen LogP contribution < -0.4 is 4.74 Å². The summed E-state index contributed by atoms with van der Waals surface area (Å²) in [7, 11) is 0. The lowest BCUT2D eigenvalue weighted by Crippen LogP contribution is -2.27. The van der Waals surface area contributed by atoms with E-state index in [1.54, 1.807) is 0 Å². The van der Waals surface area contributed by atoms with Gasteiger partial charge >= 0.3 is 0 Å². The van der Waals surface area contributed by atoms with E-state index in [9.17, 15) is 0 Å². The Morgan fingerprint density at radius 2 is 1.67 bits per heavy atom. The molecule has 30 heavy (non-hydrogen) atoms. The molecular weight excluding hydrogens is 394 g/mol. The van der Waals surface area contributed by atoms with Crippen molar-refractivity contribution in [1.29, 1.82) is 0 Å². The summed E-state index contributed by atoms with van der Waals surface area (Å²) in [6.07, 6.45) is 0. The first kappa shape index (κ1) is 20.5. The van der Waals surface area contributed by atoms with Crippen molar-refractivity contribution in [2.75, 3.05) is 26.2 Å². The molecule has 0 atom stereocenters. The minimum atomic E-state index is 0.663. The zero-order chi connectivity index (χ0) is 20.9. The van der Waals surface area contributed by atoms with Gasteiger partial charge in [0, 0.05) is 28.9 Å². The van der Waals surface area contributed by atoms with Crippen molar-refractivity contribution in [3.05, 3.63) is 77.8 Å². The predicted octanol–water partition coefficient (Wildman–Crippen LogP) is 6.07. The molecule has 4 rings (SSSR count). The molecule has 4 aromatic rings. The largest absolute Gasteiger partial charge is 0.492 e. The standard InChI is InChI=1S/C25H26ClN3O/c1-3-28(4-2)16-17-30-22-14-15-23-24(18-22)29(21-8-6-5-7-9-21)25(27-23)19-10-12-20(26)13-11-19/h5-15,18H,3-4,16-17H2,1-2H3. The molecule has 0 bridgehead atoms. The highest BCUT2D eigenvalue weighted by molar-refractivity contribution is 6.30. The summed E-state index contributed by atoms with van der Waals surface area (Å²) < 4.78 is 8.25. The van der Waals surface area contributed by atoms with Gasteiger partial charge in [-0.3, -0.25) is 4.57 Å². The fraction of sp³-hybridized carbons (Fsp3) is 0.240. The van der Waals surface area contributed by atoms with Crippen LogP contribution in [0.2, 0.25) is 5.02 Å². The van der Waals surface area contributed by atoms with E-state index in [2.05, 4.69) is 41.5 Å². The quantitative estimate of drug-likeness (QED) is 0.347. The summed E-state index contributed by atoms with van der Waals surface area (Å²) in [6, 6.07) is 24.2. The van der Waals surface area contributed by atoms with Gasteiger partial charge in [0.05, 0.1) is 11.0 Å². The number of imidazole rings is 1. The van der Waals surface area contributed by atoms with E-state index in [4.69, 9.17) is 21.3 Å². The van der Waals surface area contributed by atoms with Crippen molar-refractivity contribution >= 4 is 22.6 Å². The maximum atomic E-state index is 6.10. The number of fused-ring (bicyclic) bond motifs is 1. The van der Waals surface area contributed by atoms with E-state index < -0.39 is 0 Å². The molecule has 0 unspecified atom stereocenters. The van der Waals surface area contributed by atoms with E-state index >= 15 is 0 Å². The Balaban J connectivity index is 1.74. The lowest BCUT2D eigenvalue weighted by atomic mass is 10.2. The molecule has 0 amide bonds. The maximum absolute atomic E-state index is 6.10. The first-order valence-corrected chi connectivity index (χ1v) is 10.8. The highest BCUT2D eigenvalue weighted by Crippen LogP contribution is 2.31. The summed E-state index contributed by atoms with van der Waals surface area (Å²) in [6.45, 7) is 7.99. The third-order valence-corrected chi connectivity index (χ3v) is 5.57. The average molecular weight is 420 g/mol. The molecule has 1 heterocycles. The summed E-state index contributed by atoms with van der Waals surface area (Å²) in [4.78, 5) is 7.27. The fourth-order valence-electron chi connectivity index (χ4n) is 3.61. The number of halogens is 1. The molecule has 5 heteroatoms. The number of para-hydroxylation sites is 1. The van der Waals surface area contributed by atoms with Gasteiger partial charge in [0.1, 0.15) is 18.2 Å². The van der Waals surface area contributed by atoms with Gasteiger partial charge < -0.3 is 9.64 Å². The van der Waals surface area contributed by atoms with Gasteiger partial charge in [-0.15, -0.1) is 0 Å². The third-order valence-electron chi connectivity index (χ3n) is 5.31. The Bertz CT molecular complexity index is 1100. The van der Waals surface area contributed by atoms with E-state index in [-0.39, 0.29) is 0 Å². The van der Waals surface area contributed by atoms with Crippen molar-refractivity contribution in [2.45, 2.75) is 13.8 Å². The molecule has 0 saturated heterocycles. The van der Waals surface area contributed by atoms with E-state index in [1.807, 2.05) is 54.6 Å². The van der Waals surface area contributed by atoms with Gasteiger partial charge in [-0.05, 0) is 61.6 Å². The van der Waals surface area contributed by atoms with Crippen LogP contribution in [0.4, 0.5) is 0 Å². The fourth-order valence-corrected chi connectivity index (χ4v) is 3.73. The number of hydrogen-bond donors (Lipinski definition) is 0. The first-order chi connectivity index (χ1) is 14.7. The first-order valence-electron chi connectivity index (χ1n) is 10.4. The van der Waals surface area contributed by atoms with Crippen LogP contribution in [0.3, 0.4) is 0 Å². The molecule has 0 aliphatic carbocycles. The van der Waals surface area contributed by atoms with Gasteiger partial charge in [-0.2, -0.15) is 0 Å². The summed E-state index contributed by atoms with van der Waals surface area (Å²) in [5, 5.41) is 0.713. The molecule has 0 N–H and O–H groups in total. The van der Waals surface area contributed by atoms with Gasteiger partial charge in [0.25, 0.3) is 0 Å². The van der Waals surface area contributed by atoms with Crippen LogP contribution in [0, 0.1) is 0 Å². The highest BCUT2D eigenvalue weighted by Gasteiger charge is 2.15. The number of hydrogen-bond acceptors (Lipinski definition) is 3. The number of benzene rings is 3. The molecule has 1 aromatic heterocycles. The molecule has 0 aliphatic heterocycles. The third kappa shape index (κ3) is 4.35. The van der Waals surface area contributed by atoms with E-state index in [0.29, 0.717) is 11.6 Å². The van der Waals surface area contributed by atoms with Crippen LogP contribution >= 0.6 is 11.6 Å². The number of nitrogens with zero attached hydrogens (tertiary/aromatic N) is 3. The van der Waals surface area contributed by atoms with Crippen LogP contribution in [0.15, 0.2) is 72.8 Å². The van der Waals surface area contributed by atoms with Crippen LogP contribution in [0.1, 0.15) is 13.8 Å². The zero-order valence-corrected chi connectivity index (χ0v) is 18.1. The second kappa shape index (κ2) is 9.33. The van der Waals surface area contributed by atoms with Crippen molar-refractivity contribution in [3.8, 4) is 22.8 Å². The highest BCUT2D eigenvalue weighted by atomic mass is 35.5. The van der Waals surface area contributed by atoms with Crippen LogP contribution in [0.25, 0.3) is 28.1 Å². The normalized spacial score (nSPS) is 11.3. The van der Waals surface area contributed by atoms with Gasteiger partial charge in [-0.25, -0.2) is 4.98 Å². The van der Waals surface area contributed by atoms with Crippen LogP contribution in [-0.4, -0.2) is 40.7 Å². The molecule has 3 aromatic carbocycles. The molecule has 154 valence electrons. The lowest BCUT2D eigenvalue weighted by Gasteiger charge is -2.18. The van der Waals surface area contributed by atoms with Gasteiger partial charge in [0.15, 0.2) is 0 Å². The van der Waals surface area contributed by atoms with Crippen molar-refractivity contribution < 1.29 is 4.74 Å². The Morgan fingerprint density at radius 3 is 2.37 bits per heavy atom. The molecule has 0 aliphatic rings. The van der Waals surface area contributed by atoms with Gasteiger partial charge in [-0.1, -0.05) is 43.6 Å². The minimum Gasteiger partial charge on any atom is -0.492 e. The van der Waals surface area contributed by atoms with Crippen LogP contribution in [0.5, 0.6) is 5.75 Å². The van der Waals surface area contributed by atoms with Gasteiger partial charge in [0.2, 0.25) is 0 Å². The molecule has 0 spiro atoms. The smallest absolute Gasteiger partial charge is 0.145 e. The van der Waals surface area contributed by atoms with Crippen LogP contribution in [-0.2, 0) is 0 Å². The zero-order valence-electron chi connectivity index (χ0n) is 17.4. The molecule has 0 saturated carbocycles. The van der Waals surface area contributed by atoms with Crippen molar-refractivity contribution in [3.63, 3.8) is 0 Å². The molecule has 0 fully saturated rings. The monoisotopic (exact) mass is 419 g/mol. The van der Waals surface area contributed by atoms with E-state index in [1.165, 1.54) is 0 Å². The number of ether oxygens (including phenoxy) is 1. The second-order valence-electron chi connectivity index (χ2n) is 7.14. The molecular formula is C25H26ClN3O. The Morgan fingerprint density at radius 1 is 0.933 bits per heavy atom. The Hall–Kier alpha value is -2.82. The second-order valence-corrected chi connectivity index (χ2v) is 7.58. The Labute approximate surface area is 182 Å². The topological polar surface area (TPSA) is 30.3 Å². The summed E-state index contributed by atoms with van der Waals surface area (Å²) in [5.41, 5.74) is 4.03. The van der Waals surface area contributed by atoms with E-state index in [0.717, 1.165) is 53.5 Å². The summed E-state index contributed by atoms with van der Waals surface area (Å²) in [5.74, 6) is 1.74. The number of rotatable bonds is 8. The Kier molecular flexibility index (Phi) is 6.36. The number of aromatic nitrogens is 2. The minimum absolute atomic E-state index is 0.663. The average Bonchev–Trinajstić information content (AvgIpc) is 3.16. The molecule has 0 radical (unpaired) electrons. The lowest BCUT2D eigenvalue weighted by molar-refractivity contribution is 0.223. The SMILES string of the molecule is CCN(CC)CCOc1ccc2nc(-c3ccc(Cl)cc3)n(-c3ccccc3)c2c1. The summed E-state index contributed by atoms with van der Waals surface area (Å²) >= 11 is 6.10. The maximum Gasteiger partial charge on any atom is 0.145 e. The predicted molar refractivity (Wildman–Crippen MR) is 125 cm³/mol. The van der Waals surface area contributed by atoms with Crippen molar-refractivity contribution in [1.82, 2.24) is 14.5 Å².